The van der Waals surface area contributed by atoms with Gasteiger partial charge >= 0.3 is 0 Å². The molecular weight excluding hydrogens is 334 g/mol. The Bertz CT molecular complexity index is 1070. The van der Waals surface area contributed by atoms with Crippen LogP contribution in [-0.2, 0) is 6.42 Å². The molecule has 0 atom stereocenters. The molecule has 0 amide bonds. The molecule has 8 heteroatoms. The number of fused-ring (bicyclic) bond motifs is 1. The largest absolute Gasteiger partial charge is 0.493 e. The summed E-state index contributed by atoms with van der Waals surface area (Å²) in [6.45, 7) is 2.03. The van der Waals surface area contributed by atoms with E-state index >= 15 is 0 Å². The van der Waals surface area contributed by atoms with Gasteiger partial charge in [-0.25, -0.2) is 0 Å². The second kappa shape index (κ2) is 6.47. The highest BCUT2D eigenvalue weighted by atomic mass is 16.5. The van der Waals surface area contributed by atoms with Crippen LogP contribution in [0.3, 0.4) is 0 Å². The van der Waals surface area contributed by atoms with Crippen molar-refractivity contribution in [2.45, 2.75) is 13.3 Å². The van der Waals surface area contributed by atoms with Gasteiger partial charge < -0.3 is 14.0 Å². The highest BCUT2D eigenvalue weighted by Gasteiger charge is 2.18. The number of methoxy groups -OCH3 is 2. The lowest BCUT2D eigenvalue weighted by Gasteiger charge is -2.09. The molecule has 0 unspecified atom stereocenters. The molecule has 132 valence electrons. The minimum atomic E-state index is 0.357. The average molecular weight is 351 g/mol. The Morgan fingerprint density at radius 2 is 1.96 bits per heavy atom. The van der Waals surface area contributed by atoms with Crippen LogP contribution in [0.4, 0.5) is 0 Å². The first-order valence-corrected chi connectivity index (χ1v) is 8.14. The van der Waals surface area contributed by atoms with E-state index in [2.05, 4.69) is 20.3 Å². The van der Waals surface area contributed by atoms with E-state index < -0.39 is 0 Å². The second-order valence-corrected chi connectivity index (χ2v) is 5.58. The van der Waals surface area contributed by atoms with E-state index in [9.17, 15) is 0 Å². The molecular formula is C18H17N5O3. The molecule has 0 fully saturated rings. The fourth-order valence-corrected chi connectivity index (χ4v) is 2.82. The number of pyridine rings is 1. The zero-order valence-corrected chi connectivity index (χ0v) is 14.6. The molecule has 0 saturated heterocycles. The molecule has 0 N–H and O–H groups in total. The van der Waals surface area contributed by atoms with Crippen LogP contribution in [0.25, 0.3) is 28.5 Å². The van der Waals surface area contributed by atoms with Gasteiger partial charge in [-0.3, -0.25) is 4.40 Å². The van der Waals surface area contributed by atoms with Crippen molar-refractivity contribution in [3.8, 4) is 34.3 Å². The van der Waals surface area contributed by atoms with Crippen molar-refractivity contribution in [3.63, 3.8) is 0 Å². The van der Waals surface area contributed by atoms with Crippen molar-refractivity contribution in [2.75, 3.05) is 14.2 Å². The van der Waals surface area contributed by atoms with Crippen LogP contribution >= 0.6 is 0 Å². The summed E-state index contributed by atoms with van der Waals surface area (Å²) in [7, 11) is 3.16. The molecule has 4 aromatic rings. The quantitative estimate of drug-likeness (QED) is 0.546. The van der Waals surface area contributed by atoms with Gasteiger partial charge in [0.1, 0.15) is 5.82 Å². The Morgan fingerprint density at radius 3 is 2.73 bits per heavy atom. The van der Waals surface area contributed by atoms with Crippen molar-refractivity contribution in [2.24, 2.45) is 0 Å². The number of rotatable bonds is 5. The number of hydrogen-bond donors (Lipinski definition) is 0. The second-order valence-electron chi connectivity index (χ2n) is 5.58. The summed E-state index contributed by atoms with van der Waals surface area (Å²) in [4.78, 5) is 4.51. The maximum absolute atomic E-state index is 5.46. The van der Waals surface area contributed by atoms with Crippen LogP contribution in [0.5, 0.6) is 11.5 Å². The fraction of sp³-hybridized carbons (Fsp3) is 0.222. The molecule has 4 rings (SSSR count). The van der Waals surface area contributed by atoms with E-state index in [1.54, 1.807) is 14.2 Å². The predicted octanol–water partition coefficient (Wildman–Crippen LogP) is 3.03. The molecule has 0 aliphatic heterocycles. The van der Waals surface area contributed by atoms with E-state index in [1.807, 2.05) is 47.9 Å². The zero-order chi connectivity index (χ0) is 18.1. The SMILES string of the molecule is CCc1nnc2ccc(-c3noc(-c4cccc(OC)c4OC)n3)cn12. The van der Waals surface area contributed by atoms with Gasteiger partial charge in [-0.05, 0) is 24.3 Å². The summed E-state index contributed by atoms with van der Waals surface area (Å²) >= 11 is 0. The van der Waals surface area contributed by atoms with E-state index in [-0.39, 0.29) is 0 Å². The average Bonchev–Trinajstić information content (AvgIpc) is 3.33. The number of nitrogens with zero attached hydrogens (tertiary/aromatic N) is 5. The Labute approximate surface area is 149 Å². The van der Waals surface area contributed by atoms with Gasteiger partial charge in [0.05, 0.1) is 19.8 Å². The van der Waals surface area contributed by atoms with Crippen molar-refractivity contribution in [1.29, 1.82) is 0 Å². The topological polar surface area (TPSA) is 87.6 Å². The number of aryl methyl sites for hydroxylation is 1. The molecule has 8 nitrogen and oxygen atoms in total. The molecule has 0 saturated carbocycles. The summed E-state index contributed by atoms with van der Waals surface area (Å²) in [5.74, 6) is 2.86. The van der Waals surface area contributed by atoms with Crippen molar-refractivity contribution < 1.29 is 14.0 Å². The Kier molecular flexibility index (Phi) is 4.00. The molecule has 3 heterocycles. The van der Waals surface area contributed by atoms with E-state index in [1.165, 1.54) is 0 Å². The van der Waals surface area contributed by atoms with Crippen LogP contribution in [0, 0.1) is 0 Å². The van der Waals surface area contributed by atoms with Gasteiger partial charge in [0, 0.05) is 18.2 Å². The first-order valence-electron chi connectivity index (χ1n) is 8.14. The smallest absolute Gasteiger partial charge is 0.262 e. The maximum Gasteiger partial charge on any atom is 0.262 e. The molecule has 0 bridgehead atoms. The monoisotopic (exact) mass is 351 g/mol. The number of benzene rings is 1. The number of ether oxygens (including phenoxy) is 2. The van der Waals surface area contributed by atoms with Crippen molar-refractivity contribution in [1.82, 2.24) is 24.7 Å². The fourth-order valence-electron chi connectivity index (χ4n) is 2.82. The van der Waals surface area contributed by atoms with E-state index in [0.29, 0.717) is 28.8 Å². The molecule has 0 spiro atoms. The maximum atomic E-state index is 5.46. The number of aromatic nitrogens is 5. The minimum absolute atomic E-state index is 0.357. The molecule has 3 aromatic heterocycles. The molecule has 1 aromatic carbocycles. The van der Waals surface area contributed by atoms with Gasteiger partial charge in [-0.15, -0.1) is 10.2 Å². The normalized spacial score (nSPS) is 11.0. The third-order valence-electron chi connectivity index (χ3n) is 4.11. The lowest BCUT2D eigenvalue weighted by Crippen LogP contribution is -1.94. The molecule has 26 heavy (non-hydrogen) atoms. The Balaban J connectivity index is 1.77. The van der Waals surface area contributed by atoms with Crippen LogP contribution in [0.15, 0.2) is 41.1 Å². The molecule has 0 aliphatic rings. The predicted molar refractivity (Wildman–Crippen MR) is 94.2 cm³/mol. The van der Waals surface area contributed by atoms with E-state index in [0.717, 1.165) is 23.5 Å². The number of para-hydroxylation sites is 1. The van der Waals surface area contributed by atoms with Gasteiger partial charge in [0.15, 0.2) is 17.1 Å². The van der Waals surface area contributed by atoms with Crippen LogP contribution in [-0.4, -0.2) is 39.0 Å². The third kappa shape index (κ3) is 2.55. The Hall–Kier alpha value is -3.42. The summed E-state index contributed by atoms with van der Waals surface area (Å²) < 4.78 is 18.2. The van der Waals surface area contributed by atoms with Crippen LogP contribution in [0.1, 0.15) is 12.7 Å². The summed E-state index contributed by atoms with van der Waals surface area (Å²) in [5, 5.41) is 12.4. The summed E-state index contributed by atoms with van der Waals surface area (Å²) in [6, 6.07) is 9.27. The first-order chi connectivity index (χ1) is 12.7. The third-order valence-corrected chi connectivity index (χ3v) is 4.11. The highest BCUT2D eigenvalue weighted by molar-refractivity contribution is 5.69. The number of hydrogen-bond acceptors (Lipinski definition) is 7. The Morgan fingerprint density at radius 1 is 1.08 bits per heavy atom. The van der Waals surface area contributed by atoms with Crippen molar-refractivity contribution >= 4 is 5.65 Å². The summed E-state index contributed by atoms with van der Waals surface area (Å²) in [6.07, 6.45) is 2.69. The van der Waals surface area contributed by atoms with Gasteiger partial charge in [0.2, 0.25) is 5.82 Å². The van der Waals surface area contributed by atoms with Gasteiger partial charge in [0.25, 0.3) is 5.89 Å². The lowest BCUT2D eigenvalue weighted by molar-refractivity contribution is 0.353. The lowest BCUT2D eigenvalue weighted by atomic mass is 10.2. The minimum Gasteiger partial charge on any atom is -0.493 e. The highest BCUT2D eigenvalue weighted by Crippen LogP contribution is 2.37. The van der Waals surface area contributed by atoms with Gasteiger partial charge in [-0.2, -0.15) is 4.98 Å². The van der Waals surface area contributed by atoms with Crippen LogP contribution < -0.4 is 9.47 Å². The standard InChI is InChI=1S/C18H17N5O3/c1-4-14-20-21-15-9-8-11(10-23(14)15)17-19-18(26-22-17)12-6-5-7-13(24-2)16(12)25-3/h5-10H,4H2,1-3H3. The van der Waals surface area contributed by atoms with Crippen molar-refractivity contribution in [3.05, 3.63) is 42.4 Å². The van der Waals surface area contributed by atoms with Gasteiger partial charge in [-0.1, -0.05) is 18.1 Å². The molecule has 0 radical (unpaired) electrons. The zero-order valence-electron chi connectivity index (χ0n) is 14.6. The first kappa shape index (κ1) is 16.1. The van der Waals surface area contributed by atoms with E-state index in [4.69, 9.17) is 14.0 Å². The molecule has 0 aliphatic carbocycles. The van der Waals surface area contributed by atoms with Crippen LogP contribution in [0.2, 0.25) is 0 Å². The summed E-state index contributed by atoms with van der Waals surface area (Å²) in [5.41, 5.74) is 2.26.